The van der Waals surface area contributed by atoms with Gasteiger partial charge in [0.1, 0.15) is 5.75 Å². The van der Waals surface area contributed by atoms with Crippen molar-refractivity contribution in [1.29, 1.82) is 0 Å². The number of nitrogens with zero attached hydrogens (tertiary/aromatic N) is 3. The van der Waals surface area contributed by atoms with Crippen molar-refractivity contribution in [2.75, 3.05) is 12.3 Å². The molecule has 1 atom stereocenters. The van der Waals surface area contributed by atoms with Crippen LogP contribution in [-0.4, -0.2) is 39.3 Å². The Morgan fingerprint density at radius 2 is 2.28 bits per heavy atom. The van der Waals surface area contributed by atoms with Crippen LogP contribution in [0.15, 0.2) is 33.9 Å². The number of ether oxygens (including phenoxy) is 1. The molecule has 1 aromatic carbocycles. The van der Waals surface area contributed by atoms with Crippen molar-refractivity contribution in [1.82, 2.24) is 15.1 Å². The molecule has 1 aliphatic rings. The first-order chi connectivity index (χ1) is 12.1. The van der Waals surface area contributed by atoms with E-state index in [4.69, 9.17) is 9.15 Å². The Balaban J connectivity index is 1.47. The van der Waals surface area contributed by atoms with Gasteiger partial charge in [0.15, 0.2) is 6.61 Å². The smallest absolute Gasteiger partial charge is 0.277 e. The Bertz CT molecular complexity index is 719. The lowest BCUT2D eigenvalue weighted by Crippen LogP contribution is -2.42. The zero-order valence-corrected chi connectivity index (χ0v) is 15.4. The van der Waals surface area contributed by atoms with E-state index in [-0.39, 0.29) is 12.5 Å². The molecule has 0 spiro atoms. The zero-order chi connectivity index (χ0) is 17.6. The van der Waals surface area contributed by atoms with Gasteiger partial charge in [-0.25, -0.2) is 0 Å². The van der Waals surface area contributed by atoms with Crippen LogP contribution in [0.2, 0.25) is 0 Å². The van der Waals surface area contributed by atoms with Crippen molar-refractivity contribution in [2.45, 2.75) is 51.0 Å². The monoisotopic (exact) mass is 361 g/mol. The number of likely N-dealkylation sites (tertiary alicyclic amines) is 1. The minimum Gasteiger partial charge on any atom is -0.484 e. The summed E-state index contributed by atoms with van der Waals surface area (Å²) in [6, 6.07) is 8.10. The number of amides is 1. The van der Waals surface area contributed by atoms with E-state index >= 15 is 0 Å². The standard InChI is InChI=1S/C18H23N3O3S/c1-13-6-5-8-15(10-13)23-11-16-19-20-18(24-16)25-12-17(22)21-9-4-3-7-14(21)2/h5-6,8,10,14H,3-4,7,9,11-12H2,1-2H3. The fraction of sp³-hybridized carbons (Fsp3) is 0.500. The van der Waals surface area contributed by atoms with Crippen LogP contribution in [0.1, 0.15) is 37.6 Å². The van der Waals surface area contributed by atoms with Crippen molar-refractivity contribution in [2.24, 2.45) is 0 Å². The third kappa shape index (κ3) is 4.98. The molecule has 1 amide bonds. The molecule has 134 valence electrons. The lowest BCUT2D eigenvalue weighted by Gasteiger charge is -2.33. The number of aromatic nitrogens is 2. The van der Waals surface area contributed by atoms with Crippen LogP contribution in [0, 0.1) is 6.92 Å². The number of carbonyl (C=O) groups excluding carboxylic acids is 1. The summed E-state index contributed by atoms with van der Waals surface area (Å²) in [5, 5.41) is 8.35. The molecule has 0 N–H and O–H groups in total. The molecule has 0 radical (unpaired) electrons. The summed E-state index contributed by atoms with van der Waals surface area (Å²) in [7, 11) is 0. The van der Waals surface area contributed by atoms with E-state index in [1.807, 2.05) is 36.1 Å². The molecule has 1 fully saturated rings. The molecular formula is C18H23N3O3S. The second-order valence-electron chi connectivity index (χ2n) is 6.29. The molecule has 1 saturated heterocycles. The number of carbonyl (C=O) groups is 1. The Labute approximate surface area is 151 Å². The largest absolute Gasteiger partial charge is 0.484 e. The van der Waals surface area contributed by atoms with Crippen molar-refractivity contribution in [3.05, 3.63) is 35.7 Å². The number of thioether (sulfide) groups is 1. The van der Waals surface area contributed by atoms with Crippen molar-refractivity contribution >= 4 is 17.7 Å². The van der Waals surface area contributed by atoms with Gasteiger partial charge in [-0.05, 0) is 50.8 Å². The van der Waals surface area contributed by atoms with E-state index in [1.165, 1.54) is 18.2 Å². The number of hydrogen-bond donors (Lipinski definition) is 0. The first-order valence-electron chi connectivity index (χ1n) is 8.56. The first-order valence-corrected chi connectivity index (χ1v) is 9.54. The van der Waals surface area contributed by atoms with Crippen molar-refractivity contribution in [3.8, 4) is 5.75 Å². The average molecular weight is 361 g/mol. The van der Waals surface area contributed by atoms with Crippen LogP contribution in [0.25, 0.3) is 0 Å². The summed E-state index contributed by atoms with van der Waals surface area (Å²) >= 11 is 1.28. The van der Waals surface area contributed by atoms with Gasteiger partial charge >= 0.3 is 0 Å². The summed E-state index contributed by atoms with van der Waals surface area (Å²) < 4.78 is 11.2. The molecule has 1 aliphatic heterocycles. The molecule has 25 heavy (non-hydrogen) atoms. The molecule has 1 aromatic heterocycles. The van der Waals surface area contributed by atoms with Gasteiger partial charge in [0.25, 0.3) is 11.1 Å². The Kier molecular flexibility index (Phi) is 5.96. The summed E-state index contributed by atoms with van der Waals surface area (Å²) in [4.78, 5) is 14.3. The zero-order valence-electron chi connectivity index (χ0n) is 14.6. The van der Waals surface area contributed by atoms with Crippen LogP contribution in [0.3, 0.4) is 0 Å². The molecule has 0 saturated carbocycles. The Morgan fingerprint density at radius 3 is 3.08 bits per heavy atom. The van der Waals surface area contributed by atoms with Crippen LogP contribution in [0.4, 0.5) is 0 Å². The normalized spacial score (nSPS) is 17.5. The SMILES string of the molecule is Cc1cccc(OCc2nnc(SCC(=O)N3CCCCC3C)o2)c1. The van der Waals surface area contributed by atoms with Gasteiger partial charge < -0.3 is 14.1 Å². The molecule has 0 bridgehead atoms. The van der Waals surface area contributed by atoms with Crippen LogP contribution >= 0.6 is 11.8 Å². The maximum atomic E-state index is 12.3. The van der Waals surface area contributed by atoms with Gasteiger partial charge in [0.2, 0.25) is 5.91 Å². The van der Waals surface area contributed by atoms with E-state index in [0.717, 1.165) is 30.7 Å². The Morgan fingerprint density at radius 1 is 1.40 bits per heavy atom. The van der Waals surface area contributed by atoms with E-state index in [2.05, 4.69) is 17.1 Å². The third-order valence-corrected chi connectivity index (χ3v) is 5.05. The maximum Gasteiger partial charge on any atom is 0.277 e. The number of benzene rings is 1. The summed E-state index contributed by atoms with van der Waals surface area (Å²) in [6.07, 6.45) is 3.37. The highest BCUT2D eigenvalue weighted by molar-refractivity contribution is 7.99. The molecule has 2 heterocycles. The number of rotatable bonds is 6. The van der Waals surface area contributed by atoms with Gasteiger partial charge in [0, 0.05) is 12.6 Å². The fourth-order valence-corrected chi connectivity index (χ4v) is 3.55. The van der Waals surface area contributed by atoms with Gasteiger partial charge in [-0.15, -0.1) is 10.2 Å². The fourth-order valence-electron chi connectivity index (χ4n) is 2.88. The maximum absolute atomic E-state index is 12.3. The summed E-state index contributed by atoms with van der Waals surface area (Å²) in [6.45, 7) is 5.18. The number of aryl methyl sites for hydroxylation is 1. The molecule has 3 rings (SSSR count). The summed E-state index contributed by atoms with van der Waals surface area (Å²) in [5.41, 5.74) is 1.13. The predicted octanol–water partition coefficient (Wildman–Crippen LogP) is 3.45. The molecule has 6 nitrogen and oxygen atoms in total. The predicted molar refractivity (Wildman–Crippen MR) is 95.6 cm³/mol. The molecule has 7 heteroatoms. The number of piperidine rings is 1. The van der Waals surface area contributed by atoms with E-state index in [0.29, 0.717) is 22.9 Å². The van der Waals surface area contributed by atoms with Crippen LogP contribution in [0.5, 0.6) is 5.75 Å². The van der Waals surface area contributed by atoms with Crippen LogP contribution in [-0.2, 0) is 11.4 Å². The highest BCUT2D eigenvalue weighted by Crippen LogP contribution is 2.21. The van der Waals surface area contributed by atoms with E-state index < -0.39 is 0 Å². The Hall–Kier alpha value is -2.02. The minimum atomic E-state index is 0.132. The lowest BCUT2D eigenvalue weighted by atomic mass is 10.0. The van der Waals surface area contributed by atoms with E-state index in [9.17, 15) is 4.79 Å². The lowest BCUT2D eigenvalue weighted by molar-refractivity contribution is -0.131. The van der Waals surface area contributed by atoms with Gasteiger partial charge in [-0.3, -0.25) is 4.79 Å². The molecule has 2 aromatic rings. The van der Waals surface area contributed by atoms with Gasteiger partial charge in [0.05, 0.1) is 5.75 Å². The van der Waals surface area contributed by atoms with Crippen molar-refractivity contribution in [3.63, 3.8) is 0 Å². The second kappa shape index (κ2) is 8.38. The average Bonchev–Trinajstić information content (AvgIpc) is 3.06. The first kappa shape index (κ1) is 17.8. The second-order valence-corrected chi connectivity index (χ2v) is 7.21. The minimum absolute atomic E-state index is 0.132. The molecule has 1 unspecified atom stereocenters. The molecule has 0 aliphatic carbocycles. The van der Waals surface area contributed by atoms with Gasteiger partial charge in [-0.2, -0.15) is 0 Å². The summed E-state index contributed by atoms with van der Waals surface area (Å²) in [5.74, 6) is 1.63. The molecular weight excluding hydrogens is 338 g/mol. The van der Waals surface area contributed by atoms with Crippen LogP contribution < -0.4 is 4.74 Å². The highest BCUT2D eigenvalue weighted by atomic mass is 32.2. The van der Waals surface area contributed by atoms with E-state index in [1.54, 1.807) is 0 Å². The topological polar surface area (TPSA) is 68.5 Å². The van der Waals surface area contributed by atoms with Crippen molar-refractivity contribution < 1.29 is 13.9 Å². The van der Waals surface area contributed by atoms with Gasteiger partial charge in [-0.1, -0.05) is 23.9 Å². The third-order valence-electron chi connectivity index (χ3n) is 4.24. The quantitative estimate of drug-likeness (QED) is 0.734. The highest BCUT2D eigenvalue weighted by Gasteiger charge is 2.23. The number of hydrogen-bond acceptors (Lipinski definition) is 6.